The van der Waals surface area contributed by atoms with E-state index in [9.17, 15) is 13.6 Å². The van der Waals surface area contributed by atoms with Crippen LogP contribution >= 0.6 is 0 Å². The average Bonchev–Trinajstić information content (AvgIpc) is 2.96. The first-order valence-electron chi connectivity index (χ1n) is 4.80. The molecule has 1 amide bonds. The molecular weight excluding hydrogens is 232 g/mol. The van der Waals surface area contributed by atoms with Gasteiger partial charge in [-0.3, -0.25) is 4.79 Å². The molecule has 0 saturated carbocycles. The molecule has 2 rings (SSSR count). The van der Waals surface area contributed by atoms with Gasteiger partial charge in [-0.15, -0.1) is 0 Å². The lowest BCUT2D eigenvalue weighted by Gasteiger charge is -2.00. The summed E-state index contributed by atoms with van der Waals surface area (Å²) in [4.78, 5) is 11.5. The van der Waals surface area contributed by atoms with E-state index in [0.717, 1.165) is 6.20 Å². The number of aromatic nitrogens is 2. The number of hydrogen-bond donors (Lipinski definition) is 1. The Labute approximate surface area is 95.0 Å². The molecule has 0 atom stereocenters. The summed E-state index contributed by atoms with van der Waals surface area (Å²) in [5.41, 5.74) is -0.0585. The van der Waals surface area contributed by atoms with Crippen LogP contribution in [-0.2, 0) is 6.54 Å². The molecule has 0 radical (unpaired) electrons. The number of amides is 1. The van der Waals surface area contributed by atoms with Crippen LogP contribution in [0.2, 0.25) is 0 Å². The van der Waals surface area contributed by atoms with Crippen molar-refractivity contribution >= 4 is 5.91 Å². The number of furan rings is 1. The third-order valence-corrected chi connectivity index (χ3v) is 2.04. The van der Waals surface area contributed by atoms with E-state index in [-0.39, 0.29) is 12.2 Å². The third-order valence-electron chi connectivity index (χ3n) is 2.04. The largest absolute Gasteiger partial charge is 0.467 e. The van der Waals surface area contributed by atoms with Crippen LogP contribution in [0.4, 0.5) is 8.78 Å². The number of carbonyl (C=O) groups is 1. The summed E-state index contributed by atoms with van der Waals surface area (Å²) in [6, 6.07) is 4.61. The molecule has 7 heteroatoms. The Morgan fingerprint density at radius 2 is 2.35 bits per heavy atom. The summed E-state index contributed by atoms with van der Waals surface area (Å²) >= 11 is 0. The predicted octanol–water partition coefficient (Wildman–Crippen LogP) is 1.80. The maximum Gasteiger partial charge on any atom is 0.333 e. The molecule has 2 aromatic rings. The molecule has 0 unspecified atom stereocenters. The van der Waals surface area contributed by atoms with Gasteiger partial charge < -0.3 is 9.73 Å². The van der Waals surface area contributed by atoms with Gasteiger partial charge in [0.15, 0.2) is 0 Å². The number of rotatable bonds is 4. The number of hydrogen-bond acceptors (Lipinski definition) is 3. The Morgan fingerprint density at radius 1 is 1.53 bits per heavy atom. The second-order valence-corrected chi connectivity index (χ2v) is 3.22. The zero-order valence-electron chi connectivity index (χ0n) is 8.64. The van der Waals surface area contributed by atoms with Crippen molar-refractivity contribution in [3.63, 3.8) is 0 Å². The maximum atomic E-state index is 12.2. The molecule has 17 heavy (non-hydrogen) atoms. The highest BCUT2D eigenvalue weighted by atomic mass is 19.3. The fourth-order valence-corrected chi connectivity index (χ4v) is 1.24. The monoisotopic (exact) mass is 241 g/mol. The Kier molecular flexibility index (Phi) is 3.17. The minimum atomic E-state index is -2.75. The Morgan fingerprint density at radius 3 is 2.94 bits per heavy atom. The molecule has 0 aliphatic carbocycles. The molecule has 1 N–H and O–H groups in total. The number of alkyl halides is 2. The van der Waals surface area contributed by atoms with Gasteiger partial charge in [-0.05, 0) is 18.2 Å². The summed E-state index contributed by atoms with van der Waals surface area (Å²) < 4.78 is 29.8. The zero-order valence-corrected chi connectivity index (χ0v) is 8.64. The minimum absolute atomic E-state index is 0.0585. The fraction of sp³-hybridized carbons (Fsp3) is 0.200. The molecule has 2 aromatic heterocycles. The molecule has 0 aliphatic heterocycles. The quantitative estimate of drug-likeness (QED) is 0.887. The molecule has 0 aliphatic rings. The highest BCUT2D eigenvalue weighted by Crippen LogP contribution is 2.08. The number of carbonyl (C=O) groups excluding carboxylic acids is 1. The van der Waals surface area contributed by atoms with Gasteiger partial charge in [0.1, 0.15) is 11.5 Å². The second kappa shape index (κ2) is 4.77. The zero-order chi connectivity index (χ0) is 12.3. The van der Waals surface area contributed by atoms with Gasteiger partial charge in [0, 0.05) is 6.20 Å². The van der Waals surface area contributed by atoms with E-state index < -0.39 is 12.5 Å². The van der Waals surface area contributed by atoms with Gasteiger partial charge >= 0.3 is 6.55 Å². The number of halogens is 2. The van der Waals surface area contributed by atoms with E-state index in [1.165, 1.54) is 12.3 Å². The summed E-state index contributed by atoms with van der Waals surface area (Å²) in [5, 5.41) is 5.93. The van der Waals surface area contributed by atoms with Crippen LogP contribution in [-0.4, -0.2) is 15.7 Å². The summed E-state index contributed by atoms with van der Waals surface area (Å²) in [7, 11) is 0. The number of nitrogens with one attached hydrogen (secondary N) is 1. The first kappa shape index (κ1) is 11.3. The normalized spacial score (nSPS) is 10.8. The van der Waals surface area contributed by atoms with E-state index in [2.05, 4.69) is 10.4 Å². The van der Waals surface area contributed by atoms with Crippen LogP contribution in [0.15, 0.2) is 35.1 Å². The minimum Gasteiger partial charge on any atom is -0.467 e. The van der Waals surface area contributed by atoms with Crippen LogP contribution in [0.25, 0.3) is 0 Å². The Hall–Kier alpha value is -2.18. The fourth-order valence-electron chi connectivity index (χ4n) is 1.24. The molecule has 0 fully saturated rings. The van der Waals surface area contributed by atoms with Gasteiger partial charge in [0.05, 0.1) is 12.8 Å². The first-order chi connectivity index (χ1) is 8.16. The highest BCUT2D eigenvalue weighted by Gasteiger charge is 2.13. The lowest BCUT2D eigenvalue weighted by Crippen LogP contribution is -2.23. The Bertz CT molecular complexity index is 493. The van der Waals surface area contributed by atoms with Crippen LogP contribution in [0.5, 0.6) is 0 Å². The van der Waals surface area contributed by atoms with Crippen LogP contribution < -0.4 is 5.32 Å². The smallest absolute Gasteiger partial charge is 0.333 e. The second-order valence-electron chi connectivity index (χ2n) is 3.22. The predicted molar refractivity (Wildman–Crippen MR) is 53.4 cm³/mol. The van der Waals surface area contributed by atoms with Crippen LogP contribution in [0.1, 0.15) is 22.8 Å². The topological polar surface area (TPSA) is 60.1 Å². The molecule has 0 bridgehead atoms. The standard InChI is InChI=1S/C10H9F2N3O2/c11-10(12)15-4-3-8(14-15)9(16)13-6-7-2-1-5-17-7/h1-5,10H,6H2,(H,13,16). The van der Waals surface area contributed by atoms with E-state index in [0.29, 0.717) is 10.4 Å². The van der Waals surface area contributed by atoms with Gasteiger partial charge in [-0.2, -0.15) is 13.9 Å². The van der Waals surface area contributed by atoms with E-state index in [1.54, 1.807) is 12.1 Å². The van der Waals surface area contributed by atoms with Crippen LogP contribution in [0, 0.1) is 0 Å². The summed E-state index contributed by atoms with van der Waals surface area (Å²) in [5.74, 6) is 0.0486. The van der Waals surface area contributed by atoms with Crippen molar-refractivity contribution in [3.05, 3.63) is 42.1 Å². The van der Waals surface area contributed by atoms with Crippen molar-refractivity contribution in [1.82, 2.24) is 15.1 Å². The lowest BCUT2D eigenvalue weighted by atomic mass is 10.4. The summed E-state index contributed by atoms with van der Waals surface area (Å²) in [6.07, 6.45) is 2.53. The molecular formula is C10H9F2N3O2. The van der Waals surface area contributed by atoms with E-state index in [4.69, 9.17) is 4.42 Å². The van der Waals surface area contributed by atoms with Crippen molar-refractivity contribution in [1.29, 1.82) is 0 Å². The third kappa shape index (κ3) is 2.68. The lowest BCUT2D eigenvalue weighted by molar-refractivity contribution is 0.0559. The molecule has 0 aromatic carbocycles. The van der Waals surface area contributed by atoms with Crippen molar-refractivity contribution in [2.24, 2.45) is 0 Å². The Balaban J connectivity index is 1.95. The summed E-state index contributed by atoms with van der Waals surface area (Å²) in [6.45, 7) is -2.56. The highest BCUT2D eigenvalue weighted by molar-refractivity contribution is 5.92. The van der Waals surface area contributed by atoms with Crippen molar-refractivity contribution in [2.75, 3.05) is 0 Å². The van der Waals surface area contributed by atoms with Crippen molar-refractivity contribution in [3.8, 4) is 0 Å². The van der Waals surface area contributed by atoms with Crippen LogP contribution in [0.3, 0.4) is 0 Å². The van der Waals surface area contributed by atoms with E-state index >= 15 is 0 Å². The molecule has 5 nitrogen and oxygen atoms in total. The van der Waals surface area contributed by atoms with Gasteiger partial charge in [0.2, 0.25) is 0 Å². The average molecular weight is 241 g/mol. The SMILES string of the molecule is O=C(NCc1ccco1)c1ccn(C(F)F)n1. The van der Waals surface area contributed by atoms with Gasteiger partial charge in [0.25, 0.3) is 5.91 Å². The van der Waals surface area contributed by atoms with Crippen molar-refractivity contribution < 1.29 is 18.0 Å². The molecule has 0 spiro atoms. The molecule has 90 valence electrons. The number of nitrogens with zero attached hydrogens (tertiary/aromatic N) is 2. The molecule has 0 saturated heterocycles. The maximum absolute atomic E-state index is 12.2. The van der Waals surface area contributed by atoms with Gasteiger partial charge in [-0.25, -0.2) is 4.68 Å². The van der Waals surface area contributed by atoms with Gasteiger partial charge in [-0.1, -0.05) is 0 Å². The molecule has 2 heterocycles. The first-order valence-corrected chi connectivity index (χ1v) is 4.80. The van der Waals surface area contributed by atoms with Crippen molar-refractivity contribution in [2.45, 2.75) is 13.1 Å². The van der Waals surface area contributed by atoms with E-state index in [1.807, 2.05) is 0 Å².